The van der Waals surface area contributed by atoms with Crippen LogP contribution in [0.4, 0.5) is 17.5 Å². The summed E-state index contributed by atoms with van der Waals surface area (Å²) in [6.45, 7) is 8.60. The van der Waals surface area contributed by atoms with E-state index in [4.69, 9.17) is 14.7 Å². The summed E-state index contributed by atoms with van der Waals surface area (Å²) in [6.07, 6.45) is 0.926. The zero-order valence-electron chi connectivity index (χ0n) is 17.1. The van der Waals surface area contributed by atoms with E-state index in [9.17, 15) is 4.79 Å². The second-order valence-corrected chi connectivity index (χ2v) is 7.44. The summed E-state index contributed by atoms with van der Waals surface area (Å²) in [5.74, 6) is 2.65. The van der Waals surface area contributed by atoms with Crippen LogP contribution in [-0.4, -0.2) is 80.7 Å². The number of ether oxygens (including phenoxy) is 1. The monoisotopic (exact) mass is 396 g/mol. The molecule has 2 aliphatic rings. The number of aryl methyl sites for hydroxylation is 1. The van der Waals surface area contributed by atoms with Gasteiger partial charge in [0.25, 0.3) is 0 Å². The lowest BCUT2D eigenvalue weighted by molar-refractivity contribution is -0.118. The molecule has 2 aliphatic heterocycles. The molecule has 0 aliphatic carbocycles. The maximum atomic E-state index is 11.0. The Hall–Kier alpha value is -3.03. The van der Waals surface area contributed by atoms with Gasteiger partial charge in [0, 0.05) is 64.1 Å². The maximum Gasteiger partial charge on any atom is 0.227 e. The number of para-hydroxylation sites is 2. The van der Waals surface area contributed by atoms with Crippen molar-refractivity contribution in [1.29, 1.82) is 0 Å². The van der Waals surface area contributed by atoms with Gasteiger partial charge in [0.1, 0.15) is 11.6 Å². The molecular weight excluding hydrogens is 368 g/mol. The number of anilines is 3. The molecule has 4 rings (SSSR count). The molecule has 154 valence electrons. The minimum atomic E-state index is 0.736. The van der Waals surface area contributed by atoms with E-state index in [0.29, 0.717) is 0 Å². The minimum absolute atomic E-state index is 0.736. The van der Waals surface area contributed by atoms with Gasteiger partial charge in [0.2, 0.25) is 12.4 Å². The molecule has 2 saturated heterocycles. The molecule has 8 nitrogen and oxygen atoms in total. The SMILES string of the molecule is COc1ccccc1N1CCN(c2nc(C)cc(N3CCN(C=O)CC3)n2)CC1. The van der Waals surface area contributed by atoms with Gasteiger partial charge >= 0.3 is 0 Å². The van der Waals surface area contributed by atoms with Gasteiger partial charge in [-0.05, 0) is 19.1 Å². The van der Waals surface area contributed by atoms with Crippen LogP contribution in [0.2, 0.25) is 0 Å². The van der Waals surface area contributed by atoms with Crippen LogP contribution in [0.3, 0.4) is 0 Å². The van der Waals surface area contributed by atoms with Gasteiger partial charge in [-0.1, -0.05) is 12.1 Å². The first-order chi connectivity index (χ1) is 14.2. The molecule has 0 atom stereocenters. The first kappa shape index (κ1) is 19.3. The van der Waals surface area contributed by atoms with Gasteiger partial charge in [-0.3, -0.25) is 4.79 Å². The molecule has 0 N–H and O–H groups in total. The standard InChI is InChI=1S/C21H28N6O2/c1-17-15-20(26-9-7-24(16-28)8-10-26)23-21(22-17)27-13-11-25(12-14-27)18-5-3-4-6-19(18)29-2/h3-6,15-16H,7-14H2,1-2H3. The van der Waals surface area contributed by atoms with E-state index in [-0.39, 0.29) is 0 Å². The number of carbonyl (C=O) groups excluding carboxylic acids is 1. The van der Waals surface area contributed by atoms with Gasteiger partial charge in [0.05, 0.1) is 12.8 Å². The molecule has 0 radical (unpaired) electrons. The number of aromatic nitrogens is 2. The minimum Gasteiger partial charge on any atom is -0.495 e. The molecule has 0 saturated carbocycles. The predicted octanol–water partition coefficient (Wildman–Crippen LogP) is 1.40. The Balaban J connectivity index is 1.45. The van der Waals surface area contributed by atoms with Crippen molar-refractivity contribution in [2.45, 2.75) is 6.92 Å². The Bertz CT molecular complexity index is 845. The smallest absolute Gasteiger partial charge is 0.227 e. The largest absolute Gasteiger partial charge is 0.495 e. The fourth-order valence-corrected chi connectivity index (χ4v) is 3.93. The number of nitrogens with zero attached hydrogens (tertiary/aromatic N) is 6. The highest BCUT2D eigenvalue weighted by Crippen LogP contribution is 2.29. The summed E-state index contributed by atoms with van der Waals surface area (Å²) in [4.78, 5) is 29.2. The third-order valence-electron chi connectivity index (χ3n) is 5.60. The van der Waals surface area contributed by atoms with Crippen LogP contribution in [0.15, 0.2) is 30.3 Å². The van der Waals surface area contributed by atoms with Crippen molar-refractivity contribution in [3.8, 4) is 5.75 Å². The highest BCUT2D eigenvalue weighted by Gasteiger charge is 2.23. The summed E-state index contributed by atoms with van der Waals surface area (Å²) in [5, 5.41) is 0. The van der Waals surface area contributed by atoms with E-state index in [1.54, 1.807) is 7.11 Å². The first-order valence-corrected chi connectivity index (χ1v) is 10.1. The Labute approximate surface area is 171 Å². The van der Waals surface area contributed by atoms with Crippen LogP contribution in [0.25, 0.3) is 0 Å². The van der Waals surface area contributed by atoms with E-state index in [1.807, 2.05) is 36.1 Å². The van der Waals surface area contributed by atoms with Gasteiger partial charge in [-0.25, -0.2) is 4.98 Å². The Morgan fingerprint density at radius 2 is 1.55 bits per heavy atom. The van der Waals surface area contributed by atoms with Gasteiger partial charge in [-0.2, -0.15) is 4.98 Å². The molecule has 29 heavy (non-hydrogen) atoms. The molecule has 2 aromatic rings. The third-order valence-corrected chi connectivity index (χ3v) is 5.60. The number of hydrogen-bond donors (Lipinski definition) is 0. The summed E-state index contributed by atoms with van der Waals surface area (Å²) in [5.41, 5.74) is 2.10. The van der Waals surface area contributed by atoms with Crippen LogP contribution < -0.4 is 19.4 Å². The molecule has 8 heteroatoms. The topological polar surface area (TPSA) is 65.0 Å². The van der Waals surface area contributed by atoms with E-state index >= 15 is 0 Å². The quantitative estimate of drug-likeness (QED) is 0.708. The average Bonchev–Trinajstić information content (AvgIpc) is 2.79. The highest BCUT2D eigenvalue weighted by molar-refractivity contribution is 5.59. The Morgan fingerprint density at radius 1 is 0.897 bits per heavy atom. The Morgan fingerprint density at radius 3 is 2.24 bits per heavy atom. The lowest BCUT2D eigenvalue weighted by atomic mass is 10.2. The van der Waals surface area contributed by atoms with Gasteiger partial charge in [-0.15, -0.1) is 0 Å². The number of carbonyl (C=O) groups is 1. The number of methoxy groups -OCH3 is 1. The summed E-state index contributed by atoms with van der Waals surface area (Å²) >= 11 is 0. The Kier molecular flexibility index (Phi) is 5.69. The normalized spacial score (nSPS) is 17.4. The van der Waals surface area contributed by atoms with Gasteiger partial charge < -0.3 is 24.3 Å². The number of hydrogen-bond acceptors (Lipinski definition) is 7. The van der Waals surface area contributed by atoms with Crippen LogP contribution in [0.5, 0.6) is 5.75 Å². The molecule has 1 amide bonds. The number of amides is 1. The van der Waals surface area contributed by atoms with E-state index in [1.165, 1.54) is 0 Å². The van der Waals surface area contributed by atoms with E-state index in [2.05, 4.69) is 20.8 Å². The fourth-order valence-electron chi connectivity index (χ4n) is 3.93. The summed E-state index contributed by atoms with van der Waals surface area (Å²) in [6, 6.07) is 10.2. The van der Waals surface area contributed by atoms with Crippen molar-refractivity contribution in [3.05, 3.63) is 36.0 Å². The molecule has 0 unspecified atom stereocenters. The van der Waals surface area contributed by atoms with Crippen molar-refractivity contribution >= 4 is 23.9 Å². The molecule has 0 spiro atoms. The second-order valence-electron chi connectivity index (χ2n) is 7.44. The predicted molar refractivity (Wildman–Crippen MR) is 114 cm³/mol. The maximum absolute atomic E-state index is 11.0. The van der Waals surface area contributed by atoms with Gasteiger partial charge in [0.15, 0.2) is 0 Å². The third kappa shape index (κ3) is 4.21. The second kappa shape index (κ2) is 8.55. The molecule has 2 fully saturated rings. The van der Waals surface area contributed by atoms with Crippen LogP contribution in [0.1, 0.15) is 5.69 Å². The first-order valence-electron chi connectivity index (χ1n) is 10.1. The summed E-state index contributed by atoms with van der Waals surface area (Å²) in [7, 11) is 1.71. The van der Waals surface area contributed by atoms with Crippen molar-refractivity contribution in [2.24, 2.45) is 0 Å². The zero-order valence-corrected chi connectivity index (χ0v) is 17.1. The number of rotatable bonds is 5. The lowest BCUT2D eigenvalue weighted by Gasteiger charge is -2.37. The fraction of sp³-hybridized carbons (Fsp3) is 0.476. The molecule has 1 aromatic carbocycles. The number of benzene rings is 1. The number of piperazine rings is 2. The average molecular weight is 396 g/mol. The van der Waals surface area contributed by atoms with Crippen molar-refractivity contribution < 1.29 is 9.53 Å². The summed E-state index contributed by atoms with van der Waals surface area (Å²) < 4.78 is 5.51. The van der Waals surface area contributed by atoms with Crippen molar-refractivity contribution in [3.63, 3.8) is 0 Å². The van der Waals surface area contributed by atoms with Crippen LogP contribution >= 0.6 is 0 Å². The molecular formula is C21H28N6O2. The van der Waals surface area contributed by atoms with E-state index < -0.39 is 0 Å². The zero-order chi connectivity index (χ0) is 20.2. The lowest BCUT2D eigenvalue weighted by Crippen LogP contribution is -2.48. The highest BCUT2D eigenvalue weighted by atomic mass is 16.5. The van der Waals surface area contributed by atoms with Crippen molar-refractivity contribution in [1.82, 2.24) is 14.9 Å². The van der Waals surface area contributed by atoms with Crippen molar-refractivity contribution in [2.75, 3.05) is 74.2 Å². The molecule has 1 aromatic heterocycles. The van der Waals surface area contributed by atoms with Crippen LogP contribution in [0, 0.1) is 6.92 Å². The molecule has 3 heterocycles. The van der Waals surface area contributed by atoms with E-state index in [0.717, 1.165) is 87.7 Å². The van der Waals surface area contributed by atoms with Crippen LogP contribution in [-0.2, 0) is 4.79 Å². The molecule has 0 bridgehead atoms.